The zero-order chi connectivity index (χ0) is 16.2. The third kappa shape index (κ3) is 4.21. The summed E-state index contributed by atoms with van der Waals surface area (Å²) in [4.78, 5) is 12.2. The zero-order valence-corrected chi connectivity index (χ0v) is 14.2. The summed E-state index contributed by atoms with van der Waals surface area (Å²) in [6, 6.07) is 15.9. The molecule has 1 aliphatic rings. The number of ether oxygens (including phenoxy) is 1. The van der Waals surface area contributed by atoms with Crippen molar-refractivity contribution >= 4 is 40.3 Å². The Kier molecular flexibility index (Phi) is 4.79. The van der Waals surface area contributed by atoms with Crippen molar-refractivity contribution < 1.29 is 9.53 Å². The van der Waals surface area contributed by atoms with Crippen LogP contribution in [0.4, 0.5) is 0 Å². The fourth-order valence-electron chi connectivity index (χ4n) is 2.20. The van der Waals surface area contributed by atoms with Gasteiger partial charge in [-0.1, -0.05) is 65.9 Å². The van der Waals surface area contributed by atoms with Crippen LogP contribution in [0.2, 0.25) is 0 Å². The second-order valence-electron chi connectivity index (χ2n) is 5.20. The van der Waals surface area contributed by atoms with Crippen LogP contribution in [-0.4, -0.2) is 10.2 Å². The molecular formula is C18H15NO2S2. The first kappa shape index (κ1) is 15.8. The van der Waals surface area contributed by atoms with Crippen molar-refractivity contribution in [3.05, 3.63) is 70.1 Å². The molecule has 0 aliphatic carbocycles. The van der Waals surface area contributed by atoms with Gasteiger partial charge in [-0.25, -0.2) is 0 Å². The number of benzene rings is 2. The molecule has 3 rings (SSSR count). The number of nitrogens with one attached hydrogen (secondary N) is 1. The van der Waals surface area contributed by atoms with Gasteiger partial charge in [0.15, 0.2) is 0 Å². The van der Waals surface area contributed by atoms with E-state index in [1.165, 1.54) is 17.3 Å². The zero-order valence-electron chi connectivity index (χ0n) is 12.5. The first-order valence-corrected chi connectivity index (χ1v) is 8.36. The van der Waals surface area contributed by atoms with Crippen molar-refractivity contribution in [2.24, 2.45) is 0 Å². The van der Waals surface area contributed by atoms with Crippen LogP contribution >= 0.6 is 24.0 Å². The molecule has 1 N–H and O–H groups in total. The molecule has 1 aliphatic heterocycles. The summed E-state index contributed by atoms with van der Waals surface area (Å²) in [7, 11) is 0. The summed E-state index contributed by atoms with van der Waals surface area (Å²) < 4.78 is 6.28. The average molecular weight is 341 g/mol. The first-order valence-electron chi connectivity index (χ1n) is 7.13. The highest BCUT2D eigenvalue weighted by molar-refractivity contribution is 8.26. The number of aryl methyl sites for hydroxylation is 1. The Hall–Kier alpha value is -2.11. The van der Waals surface area contributed by atoms with Crippen LogP contribution in [0.15, 0.2) is 53.4 Å². The number of carbonyl (C=O) groups is 1. The van der Waals surface area contributed by atoms with Gasteiger partial charge in [0.1, 0.15) is 16.7 Å². The highest BCUT2D eigenvalue weighted by Gasteiger charge is 2.21. The van der Waals surface area contributed by atoms with Crippen molar-refractivity contribution in [2.75, 3.05) is 0 Å². The van der Waals surface area contributed by atoms with Gasteiger partial charge in [0.05, 0.1) is 4.91 Å². The van der Waals surface area contributed by atoms with Crippen molar-refractivity contribution in [2.45, 2.75) is 13.5 Å². The lowest BCUT2D eigenvalue weighted by molar-refractivity contribution is -0.115. The molecule has 1 fully saturated rings. The van der Waals surface area contributed by atoms with E-state index in [1.54, 1.807) is 0 Å². The second kappa shape index (κ2) is 6.98. The van der Waals surface area contributed by atoms with Crippen LogP contribution < -0.4 is 10.1 Å². The minimum absolute atomic E-state index is 0.139. The molecule has 1 amide bonds. The van der Waals surface area contributed by atoms with E-state index in [0.717, 1.165) is 16.9 Å². The molecule has 0 bridgehead atoms. The predicted octanol–water partition coefficient (Wildman–Crippen LogP) is 4.06. The lowest BCUT2D eigenvalue weighted by atomic mass is 10.1. The van der Waals surface area contributed by atoms with E-state index in [-0.39, 0.29) is 5.91 Å². The van der Waals surface area contributed by atoms with Crippen LogP contribution in [0.25, 0.3) is 6.08 Å². The number of rotatable bonds is 4. The summed E-state index contributed by atoms with van der Waals surface area (Å²) in [5.41, 5.74) is 3.30. The molecule has 0 radical (unpaired) electrons. The molecule has 0 spiro atoms. The summed E-state index contributed by atoms with van der Waals surface area (Å²) in [6.45, 7) is 2.60. The second-order valence-corrected chi connectivity index (χ2v) is 6.92. The SMILES string of the molecule is Cc1cccc(COc2ccc(/C=C3\SC(=S)NC3=O)cc2)c1. The number of thiocarbonyl (C=S) groups is 1. The molecule has 3 nitrogen and oxygen atoms in total. The molecule has 1 heterocycles. The Morgan fingerprint density at radius 3 is 2.65 bits per heavy atom. The molecule has 23 heavy (non-hydrogen) atoms. The summed E-state index contributed by atoms with van der Waals surface area (Å²) in [6.07, 6.45) is 1.82. The van der Waals surface area contributed by atoms with Crippen molar-refractivity contribution in [3.63, 3.8) is 0 Å². The first-order chi connectivity index (χ1) is 11.1. The summed E-state index contributed by atoms with van der Waals surface area (Å²) in [5, 5.41) is 2.60. The maximum absolute atomic E-state index is 11.6. The highest BCUT2D eigenvalue weighted by Crippen LogP contribution is 2.26. The van der Waals surface area contributed by atoms with Crippen molar-refractivity contribution in [3.8, 4) is 5.75 Å². The average Bonchev–Trinajstić information content (AvgIpc) is 2.84. The van der Waals surface area contributed by atoms with Gasteiger partial charge in [-0.2, -0.15) is 0 Å². The number of thioether (sulfide) groups is 1. The van der Waals surface area contributed by atoms with E-state index in [9.17, 15) is 4.79 Å². The largest absolute Gasteiger partial charge is 0.489 e. The van der Waals surface area contributed by atoms with E-state index in [4.69, 9.17) is 17.0 Å². The molecule has 116 valence electrons. The number of hydrogen-bond acceptors (Lipinski definition) is 4. The summed E-state index contributed by atoms with van der Waals surface area (Å²) in [5.74, 6) is 0.660. The predicted molar refractivity (Wildman–Crippen MR) is 98.3 cm³/mol. The highest BCUT2D eigenvalue weighted by atomic mass is 32.2. The van der Waals surface area contributed by atoms with Gasteiger partial charge in [0.2, 0.25) is 0 Å². The summed E-state index contributed by atoms with van der Waals surface area (Å²) >= 11 is 6.25. The Balaban J connectivity index is 1.64. The van der Waals surface area contributed by atoms with Crippen LogP contribution in [0, 0.1) is 6.92 Å². The molecular weight excluding hydrogens is 326 g/mol. The topological polar surface area (TPSA) is 38.3 Å². The van der Waals surface area contributed by atoms with Crippen LogP contribution in [0.3, 0.4) is 0 Å². The Bertz CT molecular complexity index is 782. The number of amides is 1. The molecule has 2 aromatic rings. The Morgan fingerprint density at radius 2 is 2.00 bits per heavy atom. The van der Waals surface area contributed by atoms with E-state index >= 15 is 0 Å². The van der Waals surface area contributed by atoms with E-state index in [1.807, 2.05) is 42.5 Å². The molecule has 0 unspecified atom stereocenters. The fourth-order valence-corrected chi connectivity index (χ4v) is 3.25. The molecule has 0 atom stereocenters. The van der Waals surface area contributed by atoms with Gasteiger partial charge in [-0.05, 0) is 36.3 Å². The van der Waals surface area contributed by atoms with Gasteiger partial charge < -0.3 is 10.1 Å². The maximum atomic E-state index is 11.6. The lowest BCUT2D eigenvalue weighted by Gasteiger charge is -2.07. The van der Waals surface area contributed by atoms with Crippen LogP contribution in [0.1, 0.15) is 16.7 Å². The van der Waals surface area contributed by atoms with Gasteiger partial charge in [-0.3, -0.25) is 4.79 Å². The Morgan fingerprint density at radius 1 is 1.22 bits per heavy atom. The van der Waals surface area contributed by atoms with Crippen molar-refractivity contribution in [1.82, 2.24) is 5.32 Å². The standard InChI is InChI=1S/C18H15NO2S2/c1-12-3-2-4-14(9-12)11-21-15-7-5-13(6-8-15)10-16-17(20)19-18(22)23-16/h2-10H,11H2,1H3,(H,19,20,22)/b16-10-. The molecule has 1 saturated heterocycles. The van der Waals surface area contributed by atoms with Gasteiger partial charge in [0, 0.05) is 0 Å². The maximum Gasteiger partial charge on any atom is 0.263 e. The van der Waals surface area contributed by atoms with E-state index < -0.39 is 0 Å². The monoisotopic (exact) mass is 341 g/mol. The Labute approximate surface area is 144 Å². The van der Waals surface area contributed by atoms with Crippen LogP contribution in [-0.2, 0) is 11.4 Å². The quantitative estimate of drug-likeness (QED) is 0.672. The third-order valence-corrected chi connectivity index (χ3v) is 4.47. The number of carbonyl (C=O) groups excluding carboxylic acids is 1. The lowest BCUT2D eigenvalue weighted by Crippen LogP contribution is -2.17. The molecule has 0 aromatic heterocycles. The third-order valence-electron chi connectivity index (χ3n) is 3.31. The minimum atomic E-state index is -0.139. The van der Waals surface area contributed by atoms with Crippen molar-refractivity contribution in [1.29, 1.82) is 0 Å². The van der Waals surface area contributed by atoms with E-state index in [0.29, 0.717) is 15.8 Å². The minimum Gasteiger partial charge on any atom is -0.489 e. The van der Waals surface area contributed by atoms with Crippen LogP contribution in [0.5, 0.6) is 5.75 Å². The molecule has 2 aromatic carbocycles. The smallest absolute Gasteiger partial charge is 0.263 e. The van der Waals surface area contributed by atoms with Gasteiger partial charge >= 0.3 is 0 Å². The van der Waals surface area contributed by atoms with Gasteiger partial charge in [-0.15, -0.1) is 0 Å². The molecule has 5 heteroatoms. The van der Waals surface area contributed by atoms with E-state index in [2.05, 4.69) is 24.4 Å². The normalized spacial score (nSPS) is 15.8. The molecule has 0 saturated carbocycles. The number of hydrogen-bond donors (Lipinski definition) is 1. The fraction of sp³-hybridized carbons (Fsp3) is 0.111. The van der Waals surface area contributed by atoms with Gasteiger partial charge in [0.25, 0.3) is 5.91 Å².